The summed E-state index contributed by atoms with van der Waals surface area (Å²) in [4.78, 5) is 13.3. The molecule has 1 N–H and O–H groups in total. The zero-order valence-corrected chi connectivity index (χ0v) is 18.2. The van der Waals surface area contributed by atoms with Gasteiger partial charge in [0.25, 0.3) is 0 Å². The van der Waals surface area contributed by atoms with E-state index in [-0.39, 0.29) is 11.5 Å². The van der Waals surface area contributed by atoms with Crippen molar-refractivity contribution in [2.24, 2.45) is 0 Å². The molecule has 6 heteroatoms. The number of benzene rings is 3. The number of nitrogens with one attached hydrogen (secondary N) is 1. The summed E-state index contributed by atoms with van der Waals surface area (Å²) in [7, 11) is 1.64. The lowest BCUT2D eigenvalue weighted by Crippen LogP contribution is -2.23. The molecule has 2 aromatic heterocycles. The van der Waals surface area contributed by atoms with Gasteiger partial charge >= 0.3 is 5.63 Å². The molecule has 1 aliphatic rings. The van der Waals surface area contributed by atoms with E-state index in [0.29, 0.717) is 11.1 Å². The third-order valence-electron chi connectivity index (χ3n) is 6.23. The molecule has 33 heavy (non-hydrogen) atoms. The SMILES string of the molecule is COc1ccc([C@H]2c3c(C)nn(-c4ccccc4)c3Nc3c2c(=O)oc2ccccc32)cc1. The van der Waals surface area contributed by atoms with Gasteiger partial charge < -0.3 is 14.5 Å². The number of rotatable bonds is 3. The highest BCUT2D eigenvalue weighted by Crippen LogP contribution is 2.47. The Morgan fingerprint density at radius 2 is 1.67 bits per heavy atom. The highest BCUT2D eigenvalue weighted by atomic mass is 16.5. The van der Waals surface area contributed by atoms with Crippen LogP contribution in [0.5, 0.6) is 5.75 Å². The standard InChI is InChI=1S/C27H21N3O3/c1-16-22-23(17-12-14-19(32-2)15-13-17)24-25(20-10-6-7-11-21(20)33-27(24)31)28-26(22)30(29-16)18-8-4-3-5-9-18/h3-15,23,28H,1-2H3/t23-/m0/s1. The molecule has 0 saturated heterocycles. The van der Waals surface area contributed by atoms with E-state index in [1.165, 1.54) is 0 Å². The molecular weight excluding hydrogens is 414 g/mol. The van der Waals surface area contributed by atoms with Crippen molar-refractivity contribution in [1.29, 1.82) is 0 Å². The fourth-order valence-corrected chi connectivity index (χ4v) is 4.71. The molecule has 1 aliphatic heterocycles. The fourth-order valence-electron chi connectivity index (χ4n) is 4.71. The quantitative estimate of drug-likeness (QED) is 0.370. The minimum atomic E-state index is -0.352. The van der Waals surface area contributed by atoms with Crippen LogP contribution in [0.4, 0.5) is 11.5 Å². The molecule has 3 aromatic carbocycles. The van der Waals surface area contributed by atoms with Crippen LogP contribution in [0.25, 0.3) is 16.7 Å². The summed E-state index contributed by atoms with van der Waals surface area (Å²) in [5.74, 6) is 1.28. The Hall–Kier alpha value is -4.32. The van der Waals surface area contributed by atoms with Crippen molar-refractivity contribution in [3.05, 3.63) is 112 Å². The monoisotopic (exact) mass is 435 g/mol. The average molecular weight is 435 g/mol. The molecule has 0 fully saturated rings. The summed E-state index contributed by atoms with van der Waals surface area (Å²) in [6, 6.07) is 25.4. The highest BCUT2D eigenvalue weighted by Gasteiger charge is 2.36. The summed E-state index contributed by atoms with van der Waals surface area (Å²) in [6.45, 7) is 1.98. The molecule has 0 spiro atoms. The molecule has 5 aromatic rings. The Labute approximate surface area is 190 Å². The van der Waals surface area contributed by atoms with Gasteiger partial charge in [-0.1, -0.05) is 42.5 Å². The van der Waals surface area contributed by atoms with E-state index in [2.05, 4.69) is 5.32 Å². The molecule has 6 nitrogen and oxygen atoms in total. The third-order valence-corrected chi connectivity index (χ3v) is 6.23. The van der Waals surface area contributed by atoms with Gasteiger partial charge in [-0.05, 0) is 48.9 Å². The second kappa shape index (κ2) is 7.38. The lowest BCUT2D eigenvalue weighted by atomic mass is 9.82. The average Bonchev–Trinajstić information content (AvgIpc) is 3.19. The smallest absolute Gasteiger partial charge is 0.342 e. The van der Waals surface area contributed by atoms with E-state index in [4.69, 9.17) is 14.3 Å². The first-order chi connectivity index (χ1) is 16.2. The number of anilines is 2. The summed E-state index contributed by atoms with van der Waals surface area (Å²) >= 11 is 0. The van der Waals surface area contributed by atoms with Crippen molar-refractivity contribution < 1.29 is 9.15 Å². The van der Waals surface area contributed by atoms with Gasteiger partial charge in [0.1, 0.15) is 17.2 Å². The maximum atomic E-state index is 13.3. The maximum Gasteiger partial charge on any atom is 0.342 e. The van der Waals surface area contributed by atoms with Gasteiger partial charge in [0.05, 0.1) is 29.7 Å². The van der Waals surface area contributed by atoms with Crippen molar-refractivity contribution in [3.63, 3.8) is 0 Å². The van der Waals surface area contributed by atoms with Crippen molar-refractivity contribution in [1.82, 2.24) is 9.78 Å². The molecular formula is C27H21N3O3. The predicted octanol–water partition coefficient (Wildman–Crippen LogP) is 5.53. The molecule has 0 bridgehead atoms. The van der Waals surface area contributed by atoms with Gasteiger partial charge in [-0.15, -0.1) is 0 Å². The summed E-state index contributed by atoms with van der Waals surface area (Å²) in [5.41, 5.74) is 5.26. The van der Waals surface area contributed by atoms with Crippen molar-refractivity contribution >= 4 is 22.5 Å². The van der Waals surface area contributed by atoms with Gasteiger partial charge in [-0.25, -0.2) is 9.48 Å². The summed E-state index contributed by atoms with van der Waals surface area (Å²) < 4.78 is 13.0. The minimum absolute atomic E-state index is 0.333. The van der Waals surface area contributed by atoms with Crippen LogP contribution in [0, 0.1) is 6.92 Å². The molecule has 6 rings (SSSR count). The van der Waals surface area contributed by atoms with Crippen LogP contribution >= 0.6 is 0 Å². The van der Waals surface area contributed by atoms with E-state index in [0.717, 1.165) is 45.1 Å². The molecule has 0 aliphatic carbocycles. The molecule has 0 unspecified atom stereocenters. The number of aromatic nitrogens is 2. The van der Waals surface area contributed by atoms with E-state index >= 15 is 0 Å². The topological polar surface area (TPSA) is 69.3 Å². The molecule has 3 heterocycles. The summed E-state index contributed by atoms with van der Waals surface area (Å²) in [5, 5.41) is 9.27. The van der Waals surface area contributed by atoms with Crippen LogP contribution < -0.4 is 15.7 Å². The number of aryl methyl sites for hydroxylation is 1. The molecule has 162 valence electrons. The Morgan fingerprint density at radius 3 is 2.42 bits per heavy atom. The zero-order chi connectivity index (χ0) is 22.5. The first-order valence-corrected chi connectivity index (χ1v) is 10.8. The number of hydrogen-bond donors (Lipinski definition) is 1. The van der Waals surface area contributed by atoms with Gasteiger partial charge in [-0.2, -0.15) is 5.10 Å². The van der Waals surface area contributed by atoms with Crippen LogP contribution in [-0.4, -0.2) is 16.9 Å². The molecule has 0 amide bonds. The number of ether oxygens (including phenoxy) is 1. The van der Waals surface area contributed by atoms with E-state index in [1.807, 2.05) is 90.5 Å². The minimum Gasteiger partial charge on any atom is -0.497 e. The number of hydrogen-bond acceptors (Lipinski definition) is 5. The van der Waals surface area contributed by atoms with Crippen molar-refractivity contribution in [2.45, 2.75) is 12.8 Å². The first-order valence-electron chi connectivity index (χ1n) is 10.8. The van der Waals surface area contributed by atoms with Crippen LogP contribution in [0.3, 0.4) is 0 Å². The van der Waals surface area contributed by atoms with Crippen molar-refractivity contribution in [3.8, 4) is 11.4 Å². The zero-order valence-electron chi connectivity index (χ0n) is 18.2. The fraction of sp³-hybridized carbons (Fsp3) is 0.111. The normalized spacial score (nSPS) is 14.4. The molecule has 1 atom stereocenters. The third kappa shape index (κ3) is 2.95. The van der Waals surface area contributed by atoms with Crippen LogP contribution in [0.1, 0.15) is 28.3 Å². The highest BCUT2D eigenvalue weighted by molar-refractivity contribution is 5.96. The Bertz CT molecular complexity index is 1550. The number of methoxy groups -OCH3 is 1. The van der Waals surface area contributed by atoms with Crippen LogP contribution in [-0.2, 0) is 0 Å². The maximum absolute atomic E-state index is 13.3. The van der Waals surface area contributed by atoms with Gasteiger partial charge in [0.2, 0.25) is 0 Å². The van der Waals surface area contributed by atoms with E-state index in [1.54, 1.807) is 7.11 Å². The Morgan fingerprint density at radius 1 is 0.939 bits per heavy atom. The molecule has 0 radical (unpaired) electrons. The second-order valence-electron chi connectivity index (χ2n) is 8.10. The Kier molecular flexibility index (Phi) is 4.33. The largest absolute Gasteiger partial charge is 0.497 e. The van der Waals surface area contributed by atoms with E-state index < -0.39 is 0 Å². The predicted molar refractivity (Wildman–Crippen MR) is 128 cm³/mol. The van der Waals surface area contributed by atoms with Gasteiger partial charge in [0.15, 0.2) is 0 Å². The Balaban J connectivity index is 1.68. The van der Waals surface area contributed by atoms with E-state index in [9.17, 15) is 4.79 Å². The summed E-state index contributed by atoms with van der Waals surface area (Å²) in [6.07, 6.45) is 0. The molecule has 0 saturated carbocycles. The van der Waals surface area contributed by atoms with Gasteiger partial charge in [-0.3, -0.25) is 0 Å². The number of nitrogens with zero attached hydrogens (tertiary/aromatic N) is 2. The lowest BCUT2D eigenvalue weighted by molar-refractivity contribution is 0.414. The van der Waals surface area contributed by atoms with Crippen molar-refractivity contribution in [2.75, 3.05) is 12.4 Å². The number of fused-ring (bicyclic) bond motifs is 4. The first kappa shape index (κ1) is 19.4. The van der Waals surface area contributed by atoms with Crippen LogP contribution in [0.2, 0.25) is 0 Å². The van der Waals surface area contributed by atoms with Crippen LogP contribution in [0.15, 0.2) is 88.1 Å². The second-order valence-corrected chi connectivity index (χ2v) is 8.10. The lowest BCUT2D eigenvalue weighted by Gasteiger charge is -2.28. The number of para-hydroxylation sites is 2. The van der Waals surface area contributed by atoms with Gasteiger partial charge in [0, 0.05) is 16.9 Å².